The Labute approximate surface area is 114 Å². The van der Waals surface area contributed by atoms with E-state index in [0.29, 0.717) is 24.4 Å². The molecule has 0 aromatic heterocycles. The molecule has 7 nitrogen and oxygen atoms in total. The van der Waals surface area contributed by atoms with Gasteiger partial charge in [-0.05, 0) is 24.6 Å². The second-order valence-electron chi connectivity index (χ2n) is 4.85. The number of anilines is 1. The molecule has 2 fully saturated rings. The van der Waals surface area contributed by atoms with Crippen molar-refractivity contribution in [3.8, 4) is 0 Å². The fourth-order valence-electron chi connectivity index (χ4n) is 2.36. The molecule has 0 spiro atoms. The molecule has 4 amide bonds. The predicted molar refractivity (Wildman–Crippen MR) is 69.2 cm³/mol. The molecular formula is C13H13N3O4. The van der Waals surface area contributed by atoms with Gasteiger partial charge in [-0.15, -0.1) is 0 Å². The maximum atomic E-state index is 11.9. The number of nitrogens with zero attached hydrogens (tertiary/aromatic N) is 1. The average Bonchev–Trinajstić information content (AvgIpc) is 2.95. The van der Waals surface area contributed by atoms with Gasteiger partial charge in [0, 0.05) is 5.69 Å². The summed E-state index contributed by atoms with van der Waals surface area (Å²) >= 11 is 0. The number of hydrogen-bond acceptors (Lipinski definition) is 4. The van der Waals surface area contributed by atoms with Crippen LogP contribution in [0.15, 0.2) is 24.3 Å². The van der Waals surface area contributed by atoms with E-state index in [1.807, 2.05) is 0 Å². The van der Waals surface area contributed by atoms with Crippen LogP contribution in [-0.4, -0.2) is 31.2 Å². The van der Waals surface area contributed by atoms with Gasteiger partial charge in [0.05, 0.1) is 6.54 Å². The SMILES string of the molecule is C[C@]1(c2cccc(N3CCOC3=O)c2)NC(=O)NC1=O. The zero-order chi connectivity index (χ0) is 14.3. The van der Waals surface area contributed by atoms with Crippen LogP contribution in [0.2, 0.25) is 0 Å². The number of amides is 4. The maximum absolute atomic E-state index is 11.9. The number of carbonyl (C=O) groups excluding carboxylic acids is 3. The summed E-state index contributed by atoms with van der Waals surface area (Å²) in [5.41, 5.74) is 0.120. The average molecular weight is 275 g/mol. The first-order valence-electron chi connectivity index (χ1n) is 6.19. The van der Waals surface area contributed by atoms with Crippen molar-refractivity contribution >= 4 is 23.7 Å². The van der Waals surface area contributed by atoms with E-state index in [1.165, 1.54) is 4.90 Å². The first-order chi connectivity index (χ1) is 9.50. The summed E-state index contributed by atoms with van der Waals surface area (Å²) < 4.78 is 4.89. The predicted octanol–water partition coefficient (Wildman–Crippen LogP) is 0.698. The summed E-state index contributed by atoms with van der Waals surface area (Å²) in [6, 6.07) is 6.41. The van der Waals surface area contributed by atoms with Crippen LogP contribution < -0.4 is 15.5 Å². The van der Waals surface area contributed by atoms with Gasteiger partial charge in [0.15, 0.2) is 0 Å². The third-order valence-corrected chi connectivity index (χ3v) is 3.54. The smallest absolute Gasteiger partial charge is 0.414 e. The van der Waals surface area contributed by atoms with Crippen LogP contribution in [-0.2, 0) is 15.1 Å². The molecule has 1 atom stereocenters. The molecule has 2 N–H and O–H groups in total. The minimum atomic E-state index is -1.13. The Bertz CT molecular complexity index is 615. The molecule has 0 radical (unpaired) electrons. The number of urea groups is 1. The first kappa shape index (κ1) is 12.5. The lowest BCUT2D eigenvalue weighted by Crippen LogP contribution is -2.40. The van der Waals surface area contributed by atoms with E-state index in [2.05, 4.69) is 10.6 Å². The monoisotopic (exact) mass is 275 g/mol. The van der Waals surface area contributed by atoms with Gasteiger partial charge in [-0.25, -0.2) is 9.59 Å². The molecule has 0 unspecified atom stereocenters. The first-order valence-corrected chi connectivity index (χ1v) is 6.19. The fourth-order valence-corrected chi connectivity index (χ4v) is 2.36. The fraction of sp³-hybridized carbons (Fsp3) is 0.308. The second-order valence-corrected chi connectivity index (χ2v) is 4.85. The Kier molecular flexibility index (Phi) is 2.63. The van der Waals surface area contributed by atoms with Crippen molar-refractivity contribution in [2.75, 3.05) is 18.1 Å². The molecule has 1 aromatic carbocycles. The highest BCUT2D eigenvalue weighted by atomic mass is 16.6. The number of ether oxygens (including phenoxy) is 1. The minimum Gasteiger partial charge on any atom is -0.447 e. The van der Waals surface area contributed by atoms with Crippen LogP contribution in [0.4, 0.5) is 15.3 Å². The van der Waals surface area contributed by atoms with Crippen molar-refractivity contribution < 1.29 is 19.1 Å². The Morgan fingerprint density at radius 2 is 2.10 bits per heavy atom. The van der Waals surface area contributed by atoms with Gasteiger partial charge in [0.1, 0.15) is 12.1 Å². The van der Waals surface area contributed by atoms with Crippen LogP contribution in [0, 0.1) is 0 Å². The quantitative estimate of drug-likeness (QED) is 0.778. The molecule has 3 rings (SSSR count). The van der Waals surface area contributed by atoms with Gasteiger partial charge in [-0.3, -0.25) is 15.0 Å². The molecule has 2 heterocycles. The van der Waals surface area contributed by atoms with Crippen molar-refractivity contribution in [1.82, 2.24) is 10.6 Å². The number of benzene rings is 1. The van der Waals surface area contributed by atoms with Crippen molar-refractivity contribution in [3.63, 3.8) is 0 Å². The lowest BCUT2D eigenvalue weighted by atomic mass is 9.92. The van der Waals surface area contributed by atoms with Crippen molar-refractivity contribution in [2.24, 2.45) is 0 Å². The minimum absolute atomic E-state index is 0.345. The molecule has 2 aliphatic rings. The number of cyclic esters (lactones) is 1. The van der Waals surface area contributed by atoms with Gasteiger partial charge >= 0.3 is 12.1 Å². The number of carbonyl (C=O) groups is 3. The van der Waals surface area contributed by atoms with Crippen molar-refractivity contribution in [3.05, 3.63) is 29.8 Å². The zero-order valence-electron chi connectivity index (χ0n) is 10.8. The molecule has 2 aliphatic heterocycles. The standard InChI is InChI=1S/C13H13N3O4/c1-13(10(17)14-11(18)15-13)8-3-2-4-9(7-8)16-5-6-20-12(16)19/h2-4,7H,5-6H2,1H3,(H2,14,15,17,18)/t13-/m1/s1. The number of imide groups is 1. The Morgan fingerprint density at radius 3 is 2.70 bits per heavy atom. The lowest BCUT2D eigenvalue weighted by molar-refractivity contribution is -0.123. The van der Waals surface area contributed by atoms with E-state index in [0.717, 1.165) is 0 Å². The number of nitrogens with one attached hydrogen (secondary N) is 2. The van der Waals surface area contributed by atoms with Gasteiger partial charge in [-0.1, -0.05) is 12.1 Å². The molecular weight excluding hydrogens is 262 g/mol. The summed E-state index contributed by atoms with van der Waals surface area (Å²) in [4.78, 5) is 36.3. The summed E-state index contributed by atoms with van der Waals surface area (Å²) in [5.74, 6) is -0.413. The summed E-state index contributed by atoms with van der Waals surface area (Å²) in [6.45, 7) is 2.43. The van der Waals surface area contributed by atoms with Crippen LogP contribution in [0.1, 0.15) is 12.5 Å². The molecule has 0 saturated carbocycles. The number of hydrogen-bond donors (Lipinski definition) is 2. The summed E-state index contributed by atoms with van der Waals surface area (Å²) in [5, 5.41) is 4.80. The Balaban J connectivity index is 1.97. The van der Waals surface area contributed by atoms with Crippen LogP contribution >= 0.6 is 0 Å². The second kappa shape index (κ2) is 4.22. The zero-order valence-corrected chi connectivity index (χ0v) is 10.8. The third kappa shape index (κ3) is 1.78. The van der Waals surface area contributed by atoms with Gasteiger partial charge in [0.2, 0.25) is 0 Å². The normalized spacial score (nSPS) is 25.4. The molecule has 7 heteroatoms. The highest BCUT2D eigenvalue weighted by molar-refractivity contribution is 6.07. The van der Waals surface area contributed by atoms with E-state index >= 15 is 0 Å². The van der Waals surface area contributed by atoms with E-state index in [-0.39, 0.29) is 0 Å². The number of rotatable bonds is 2. The topological polar surface area (TPSA) is 87.7 Å². The van der Waals surface area contributed by atoms with E-state index in [4.69, 9.17) is 4.74 Å². The maximum Gasteiger partial charge on any atom is 0.414 e. The molecule has 104 valence electrons. The highest BCUT2D eigenvalue weighted by Gasteiger charge is 2.43. The Hall–Kier alpha value is -2.57. The van der Waals surface area contributed by atoms with E-state index < -0.39 is 23.6 Å². The third-order valence-electron chi connectivity index (χ3n) is 3.54. The largest absolute Gasteiger partial charge is 0.447 e. The molecule has 20 heavy (non-hydrogen) atoms. The highest BCUT2D eigenvalue weighted by Crippen LogP contribution is 2.28. The van der Waals surface area contributed by atoms with Crippen molar-refractivity contribution in [1.29, 1.82) is 0 Å². The lowest BCUT2D eigenvalue weighted by Gasteiger charge is -2.23. The van der Waals surface area contributed by atoms with E-state index in [9.17, 15) is 14.4 Å². The molecule has 0 aliphatic carbocycles. The van der Waals surface area contributed by atoms with Gasteiger partial charge in [-0.2, -0.15) is 0 Å². The van der Waals surface area contributed by atoms with Crippen LogP contribution in [0.3, 0.4) is 0 Å². The Morgan fingerprint density at radius 1 is 1.30 bits per heavy atom. The van der Waals surface area contributed by atoms with Gasteiger partial charge < -0.3 is 10.1 Å². The van der Waals surface area contributed by atoms with Crippen molar-refractivity contribution in [2.45, 2.75) is 12.5 Å². The van der Waals surface area contributed by atoms with Crippen LogP contribution in [0.5, 0.6) is 0 Å². The molecule has 0 bridgehead atoms. The van der Waals surface area contributed by atoms with E-state index in [1.54, 1.807) is 31.2 Å². The summed E-state index contributed by atoms with van der Waals surface area (Å²) in [7, 11) is 0. The van der Waals surface area contributed by atoms with Crippen LogP contribution in [0.25, 0.3) is 0 Å². The molecule has 1 aromatic rings. The summed E-state index contributed by atoms with van der Waals surface area (Å²) in [6.07, 6.45) is -0.410. The molecule has 2 saturated heterocycles. The van der Waals surface area contributed by atoms with Gasteiger partial charge in [0.25, 0.3) is 5.91 Å².